The van der Waals surface area contributed by atoms with Crippen molar-refractivity contribution in [1.82, 2.24) is 4.90 Å². The quantitative estimate of drug-likeness (QED) is 0.462. The van der Waals surface area contributed by atoms with E-state index in [4.69, 9.17) is 9.47 Å². The molecule has 0 aromatic heterocycles. The number of likely N-dealkylation sites (N-methyl/N-ethyl adjacent to an activating group) is 1. The Hall–Kier alpha value is -3.20. The third-order valence-electron chi connectivity index (χ3n) is 4.76. The summed E-state index contributed by atoms with van der Waals surface area (Å²) >= 11 is 0. The molecule has 0 unspecified atom stereocenters. The molecule has 0 saturated heterocycles. The number of nitrogens with zero attached hydrogens (tertiary/aromatic N) is 2. The van der Waals surface area contributed by atoms with Gasteiger partial charge in [-0.2, -0.15) is 0 Å². The van der Waals surface area contributed by atoms with Crippen molar-refractivity contribution >= 4 is 17.3 Å². The first kappa shape index (κ1) is 23.1. The molecule has 9 heteroatoms. The molecular formula is C21H26FN3O5. The highest BCUT2D eigenvalue weighted by molar-refractivity contribution is 6.04. The molecule has 0 bridgehead atoms. The van der Waals surface area contributed by atoms with Gasteiger partial charge in [-0.05, 0) is 38.2 Å². The molecule has 0 saturated carbocycles. The molecule has 2 rings (SSSR count). The number of carbonyl (C=O) groups is 1. The molecule has 30 heavy (non-hydrogen) atoms. The van der Waals surface area contributed by atoms with Crippen molar-refractivity contribution in [2.24, 2.45) is 0 Å². The van der Waals surface area contributed by atoms with Crippen molar-refractivity contribution in [1.29, 1.82) is 0 Å². The van der Waals surface area contributed by atoms with Gasteiger partial charge in [0.15, 0.2) is 11.5 Å². The Labute approximate surface area is 174 Å². The van der Waals surface area contributed by atoms with Crippen molar-refractivity contribution < 1.29 is 23.6 Å². The van der Waals surface area contributed by atoms with E-state index in [9.17, 15) is 19.3 Å². The highest BCUT2D eigenvalue weighted by Crippen LogP contribution is 2.31. The Bertz CT molecular complexity index is 916. The summed E-state index contributed by atoms with van der Waals surface area (Å²) in [5.74, 6) is -0.533. The summed E-state index contributed by atoms with van der Waals surface area (Å²) in [5, 5.41) is 13.7. The fourth-order valence-corrected chi connectivity index (χ4v) is 2.88. The molecule has 0 spiro atoms. The lowest BCUT2D eigenvalue weighted by atomic mass is 10.1. The predicted octanol–water partition coefficient (Wildman–Crippen LogP) is 4.02. The van der Waals surface area contributed by atoms with Crippen molar-refractivity contribution in [3.8, 4) is 11.5 Å². The fraction of sp³-hybridized carbons (Fsp3) is 0.381. The number of hydrogen-bond donors (Lipinski definition) is 1. The molecule has 0 aliphatic heterocycles. The lowest BCUT2D eigenvalue weighted by Crippen LogP contribution is -2.28. The number of carbonyl (C=O) groups excluding carboxylic acids is 1. The molecule has 0 atom stereocenters. The van der Waals surface area contributed by atoms with E-state index in [2.05, 4.69) is 24.1 Å². The van der Waals surface area contributed by atoms with Gasteiger partial charge in [-0.25, -0.2) is 4.39 Å². The van der Waals surface area contributed by atoms with Crippen molar-refractivity contribution in [2.45, 2.75) is 20.8 Å². The minimum Gasteiger partial charge on any atom is -0.493 e. The normalized spacial score (nSPS) is 10.7. The van der Waals surface area contributed by atoms with Gasteiger partial charge in [0.2, 0.25) is 0 Å². The maximum Gasteiger partial charge on any atom is 0.276 e. The van der Waals surface area contributed by atoms with E-state index in [1.807, 2.05) is 0 Å². The summed E-state index contributed by atoms with van der Waals surface area (Å²) in [5.41, 5.74) is -0.327. The smallest absolute Gasteiger partial charge is 0.276 e. The molecular weight excluding hydrogens is 393 g/mol. The standard InChI is InChI=1S/C21H26FN3O5/c1-5-24(6-2)9-10-30-20-13-16(7-8-19(20)29-4)23-21(26)15-11-17(22)14(3)18(12-15)25(27)28/h7-8,11-13H,5-6,9-10H2,1-4H3,(H,23,26). The first-order valence-corrected chi connectivity index (χ1v) is 9.59. The van der Waals surface area contributed by atoms with Crippen LogP contribution in [0.4, 0.5) is 15.8 Å². The summed E-state index contributed by atoms with van der Waals surface area (Å²) in [4.78, 5) is 25.1. The zero-order chi connectivity index (χ0) is 22.3. The molecule has 1 amide bonds. The van der Waals surface area contributed by atoms with E-state index in [1.165, 1.54) is 14.0 Å². The van der Waals surface area contributed by atoms with Crippen molar-refractivity contribution in [3.63, 3.8) is 0 Å². The van der Waals surface area contributed by atoms with E-state index < -0.39 is 22.3 Å². The number of hydrogen-bond acceptors (Lipinski definition) is 6. The average molecular weight is 419 g/mol. The number of methoxy groups -OCH3 is 1. The van der Waals surface area contributed by atoms with Crippen molar-refractivity contribution in [3.05, 3.63) is 57.4 Å². The predicted molar refractivity (Wildman–Crippen MR) is 112 cm³/mol. The molecule has 8 nitrogen and oxygen atoms in total. The molecule has 0 radical (unpaired) electrons. The fourth-order valence-electron chi connectivity index (χ4n) is 2.88. The third-order valence-corrected chi connectivity index (χ3v) is 4.76. The molecule has 0 heterocycles. The number of amides is 1. The first-order valence-electron chi connectivity index (χ1n) is 9.59. The molecule has 1 N–H and O–H groups in total. The van der Waals surface area contributed by atoms with Crippen LogP contribution in [0, 0.1) is 22.9 Å². The van der Waals surface area contributed by atoms with Crippen LogP contribution < -0.4 is 14.8 Å². The second-order valence-corrected chi connectivity index (χ2v) is 6.55. The monoisotopic (exact) mass is 419 g/mol. The van der Waals surface area contributed by atoms with Gasteiger partial charge in [-0.3, -0.25) is 14.9 Å². The van der Waals surface area contributed by atoms with Gasteiger partial charge in [-0.1, -0.05) is 13.8 Å². The lowest BCUT2D eigenvalue weighted by Gasteiger charge is -2.19. The van der Waals surface area contributed by atoms with Crippen LogP contribution in [0.1, 0.15) is 29.8 Å². The number of benzene rings is 2. The van der Waals surface area contributed by atoms with Crippen LogP contribution in [-0.2, 0) is 0 Å². The molecule has 2 aromatic rings. The Morgan fingerprint density at radius 2 is 1.90 bits per heavy atom. The summed E-state index contributed by atoms with van der Waals surface area (Å²) in [7, 11) is 1.51. The van der Waals surface area contributed by atoms with Crippen LogP contribution in [0.2, 0.25) is 0 Å². The topological polar surface area (TPSA) is 93.9 Å². The maximum absolute atomic E-state index is 14.0. The minimum atomic E-state index is -0.815. The Kier molecular flexibility index (Phi) is 8.11. The molecule has 2 aromatic carbocycles. The van der Waals surface area contributed by atoms with E-state index >= 15 is 0 Å². The number of ether oxygens (including phenoxy) is 2. The Morgan fingerprint density at radius 1 is 1.20 bits per heavy atom. The van der Waals surface area contributed by atoms with Gasteiger partial charge in [0, 0.05) is 29.9 Å². The minimum absolute atomic E-state index is 0.120. The summed E-state index contributed by atoms with van der Waals surface area (Å²) < 4.78 is 25.1. The summed E-state index contributed by atoms with van der Waals surface area (Å²) in [6.45, 7) is 8.42. The average Bonchev–Trinajstić information content (AvgIpc) is 2.73. The first-order chi connectivity index (χ1) is 14.3. The Balaban J connectivity index is 2.18. The van der Waals surface area contributed by atoms with Gasteiger partial charge in [-0.15, -0.1) is 0 Å². The van der Waals surface area contributed by atoms with Crippen molar-refractivity contribution in [2.75, 3.05) is 38.7 Å². The van der Waals surface area contributed by atoms with Gasteiger partial charge in [0.1, 0.15) is 12.4 Å². The number of rotatable bonds is 10. The van der Waals surface area contributed by atoms with Gasteiger partial charge >= 0.3 is 0 Å². The molecule has 0 aliphatic rings. The third kappa shape index (κ3) is 5.66. The molecule has 162 valence electrons. The van der Waals surface area contributed by atoms with E-state index in [-0.39, 0.29) is 11.1 Å². The highest BCUT2D eigenvalue weighted by atomic mass is 19.1. The maximum atomic E-state index is 14.0. The lowest BCUT2D eigenvalue weighted by molar-refractivity contribution is -0.385. The molecule has 0 aliphatic carbocycles. The summed E-state index contributed by atoms with van der Waals surface area (Å²) in [6.07, 6.45) is 0. The number of nitrogens with one attached hydrogen (secondary N) is 1. The van der Waals surface area contributed by atoms with Gasteiger partial charge in [0.05, 0.1) is 17.6 Å². The highest BCUT2D eigenvalue weighted by Gasteiger charge is 2.20. The second-order valence-electron chi connectivity index (χ2n) is 6.55. The zero-order valence-corrected chi connectivity index (χ0v) is 17.5. The number of anilines is 1. The van der Waals surface area contributed by atoms with Crippen LogP contribution in [0.15, 0.2) is 30.3 Å². The SMILES string of the molecule is CCN(CC)CCOc1cc(NC(=O)c2cc(F)c(C)c([N+](=O)[O-])c2)ccc1OC. The number of nitro benzene ring substituents is 1. The van der Waals surface area contributed by atoms with Crippen LogP contribution in [0.25, 0.3) is 0 Å². The van der Waals surface area contributed by atoms with E-state index in [0.29, 0.717) is 23.8 Å². The van der Waals surface area contributed by atoms with Crippen LogP contribution >= 0.6 is 0 Å². The van der Waals surface area contributed by atoms with E-state index in [1.54, 1.807) is 18.2 Å². The molecule has 0 fully saturated rings. The largest absolute Gasteiger partial charge is 0.493 e. The number of halogens is 1. The van der Waals surface area contributed by atoms with Crippen LogP contribution in [0.5, 0.6) is 11.5 Å². The second kappa shape index (κ2) is 10.5. The van der Waals surface area contributed by atoms with Gasteiger partial charge < -0.3 is 19.7 Å². The van der Waals surface area contributed by atoms with Crippen LogP contribution in [-0.4, -0.2) is 49.1 Å². The Morgan fingerprint density at radius 3 is 2.50 bits per heavy atom. The zero-order valence-electron chi connectivity index (χ0n) is 17.5. The van der Waals surface area contributed by atoms with E-state index in [0.717, 1.165) is 31.8 Å². The van der Waals surface area contributed by atoms with Crippen LogP contribution in [0.3, 0.4) is 0 Å². The number of nitro groups is 1. The summed E-state index contributed by atoms with van der Waals surface area (Å²) in [6, 6.07) is 6.87. The van der Waals surface area contributed by atoms with Gasteiger partial charge in [0.25, 0.3) is 11.6 Å².